The second-order valence-electron chi connectivity index (χ2n) is 4.63. The molecule has 0 aromatic heterocycles. The standard InChI is InChI=1S/C13H19N3O3/c1-3-19-13-7-11(6-12(8-13)16(17)18)15(2)10-4-5-14-9-10/h6-8,10,14H,3-5,9H2,1-2H3. The number of nitrogens with one attached hydrogen (secondary N) is 1. The van der Waals surface area contributed by atoms with E-state index in [0.717, 1.165) is 25.2 Å². The Labute approximate surface area is 112 Å². The molecule has 6 heteroatoms. The number of likely N-dealkylation sites (N-methyl/N-ethyl adjacent to an activating group) is 1. The molecule has 0 aliphatic carbocycles. The first-order valence-corrected chi connectivity index (χ1v) is 6.47. The van der Waals surface area contributed by atoms with E-state index >= 15 is 0 Å². The molecule has 0 saturated carbocycles. The molecule has 0 amide bonds. The zero-order valence-corrected chi connectivity index (χ0v) is 11.3. The lowest BCUT2D eigenvalue weighted by atomic mass is 10.2. The van der Waals surface area contributed by atoms with Crippen molar-refractivity contribution < 1.29 is 9.66 Å². The fraction of sp³-hybridized carbons (Fsp3) is 0.538. The van der Waals surface area contributed by atoms with Crippen LogP contribution >= 0.6 is 0 Å². The van der Waals surface area contributed by atoms with Crippen molar-refractivity contribution in [1.29, 1.82) is 0 Å². The van der Waals surface area contributed by atoms with Gasteiger partial charge in [-0.3, -0.25) is 10.1 Å². The molecule has 104 valence electrons. The summed E-state index contributed by atoms with van der Waals surface area (Å²) in [5.41, 5.74) is 0.894. The molecule has 1 aromatic carbocycles. The molecule has 0 radical (unpaired) electrons. The first kappa shape index (κ1) is 13.6. The number of nitro benzene ring substituents is 1. The predicted molar refractivity (Wildman–Crippen MR) is 73.9 cm³/mol. The molecule has 1 N–H and O–H groups in total. The third kappa shape index (κ3) is 3.14. The van der Waals surface area contributed by atoms with Crippen LogP contribution in [0, 0.1) is 10.1 Å². The Hall–Kier alpha value is -1.82. The molecule has 6 nitrogen and oxygen atoms in total. The maximum absolute atomic E-state index is 11.0. The highest BCUT2D eigenvalue weighted by atomic mass is 16.6. The molecule has 0 bridgehead atoms. The van der Waals surface area contributed by atoms with Crippen LogP contribution in [-0.2, 0) is 0 Å². The molecule has 1 saturated heterocycles. The molecule has 1 unspecified atom stereocenters. The number of nitrogens with zero attached hydrogens (tertiary/aromatic N) is 2. The maximum atomic E-state index is 11.0. The van der Waals surface area contributed by atoms with E-state index in [4.69, 9.17) is 4.74 Å². The molecular weight excluding hydrogens is 246 g/mol. The van der Waals surface area contributed by atoms with Crippen LogP contribution in [0.4, 0.5) is 11.4 Å². The molecule has 1 atom stereocenters. The van der Waals surface area contributed by atoms with Gasteiger partial charge in [-0.15, -0.1) is 0 Å². The highest BCUT2D eigenvalue weighted by Crippen LogP contribution is 2.29. The lowest BCUT2D eigenvalue weighted by Gasteiger charge is -2.26. The lowest BCUT2D eigenvalue weighted by Crippen LogP contribution is -2.33. The number of hydrogen-bond acceptors (Lipinski definition) is 5. The summed E-state index contributed by atoms with van der Waals surface area (Å²) in [6.07, 6.45) is 1.04. The van der Waals surface area contributed by atoms with Gasteiger partial charge in [0, 0.05) is 37.5 Å². The molecule has 19 heavy (non-hydrogen) atoms. The van der Waals surface area contributed by atoms with Gasteiger partial charge in [-0.05, 0) is 19.9 Å². The molecule has 1 fully saturated rings. The van der Waals surface area contributed by atoms with Gasteiger partial charge in [-0.1, -0.05) is 0 Å². The van der Waals surface area contributed by atoms with Gasteiger partial charge in [0.15, 0.2) is 0 Å². The van der Waals surface area contributed by atoms with E-state index in [9.17, 15) is 10.1 Å². The fourth-order valence-electron chi connectivity index (χ4n) is 2.31. The van der Waals surface area contributed by atoms with Gasteiger partial charge in [-0.2, -0.15) is 0 Å². The van der Waals surface area contributed by atoms with Crippen LogP contribution in [0.15, 0.2) is 18.2 Å². The van der Waals surface area contributed by atoms with E-state index in [1.54, 1.807) is 6.07 Å². The zero-order chi connectivity index (χ0) is 13.8. The summed E-state index contributed by atoms with van der Waals surface area (Å²) in [6.45, 7) is 4.25. The fourth-order valence-corrected chi connectivity index (χ4v) is 2.31. The predicted octanol–water partition coefficient (Wildman–Crippen LogP) is 1.79. The maximum Gasteiger partial charge on any atom is 0.275 e. The highest BCUT2D eigenvalue weighted by Gasteiger charge is 2.21. The average molecular weight is 265 g/mol. The topological polar surface area (TPSA) is 67.6 Å². The van der Waals surface area contributed by atoms with Gasteiger partial charge >= 0.3 is 0 Å². The van der Waals surface area contributed by atoms with Crippen molar-refractivity contribution in [2.45, 2.75) is 19.4 Å². The van der Waals surface area contributed by atoms with E-state index in [1.807, 2.05) is 20.0 Å². The first-order valence-electron chi connectivity index (χ1n) is 6.47. The Morgan fingerprint density at radius 1 is 1.53 bits per heavy atom. The number of benzene rings is 1. The van der Waals surface area contributed by atoms with Crippen LogP contribution in [0.5, 0.6) is 5.75 Å². The Morgan fingerprint density at radius 3 is 2.89 bits per heavy atom. The summed E-state index contributed by atoms with van der Waals surface area (Å²) in [7, 11) is 1.96. The molecule has 0 spiro atoms. The van der Waals surface area contributed by atoms with Crippen LogP contribution in [0.2, 0.25) is 0 Å². The largest absolute Gasteiger partial charge is 0.494 e. The van der Waals surface area contributed by atoms with Crippen LogP contribution < -0.4 is 15.0 Å². The van der Waals surface area contributed by atoms with Gasteiger partial charge in [-0.25, -0.2) is 0 Å². The molecule has 1 heterocycles. The van der Waals surface area contributed by atoms with Gasteiger partial charge in [0.05, 0.1) is 17.6 Å². The minimum absolute atomic E-state index is 0.0683. The summed E-state index contributed by atoms with van der Waals surface area (Å²) < 4.78 is 5.40. The van der Waals surface area contributed by atoms with E-state index in [0.29, 0.717) is 18.4 Å². The lowest BCUT2D eigenvalue weighted by molar-refractivity contribution is -0.384. The van der Waals surface area contributed by atoms with Crippen LogP contribution in [-0.4, -0.2) is 37.7 Å². The number of non-ortho nitro benzene ring substituents is 1. The summed E-state index contributed by atoms with van der Waals surface area (Å²) in [4.78, 5) is 12.7. The normalized spacial score (nSPS) is 18.3. The number of nitro groups is 1. The SMILES string of the molecule is CCOc1cc(N(C)C2CCNC2)cc([N+](=O)[O-])c1. The Morgan fingerprint density at radius 2 is 2.32 bits per heavy atom. The zero-order valence-electron chi connectivity index (χ0n) is 11.3. The monoisotopic (exact) mass is 265 g/mol. The van der Waals surface area contributed by atoms with Crippen molar-refractivity contribution in [3.63, 3.8) is 0 Å². The van der Waals surface area contributed by atoms with Crippen molar-refractivity contribution in [1.82, 2.24) is 5.32 Å². The van der Waals surface area contributed by atoms with Gasteiger partial charge in [0.2, 0.25) is 0 Å². The van der Waals surface area contributed by atoms with Crippen molar-refractivity contribution in [2.24, 2.45) is 0 Å². The van der Waals surface area contributed by atoms with Crippen LogP contribution in [0.25, 0.3) is 0 Å². The van der Waals surface area contributed by atoms with Gasteiger partial charge < -0.3 is 15.0 Å². The Kier molecular flexibility index (Phi) is 4.21. The van der Waals surface area contributed by atoms with Crippen LogP contribution in [0.3, 0.4) is 0 Å². The molecule has 2 rings (SSSR count). The van der Waals surface area contributed by atoms with E-state index in [1.165, 1.54) is 6.07 Å². The van der Waals surface area contributed by atoms with Crippen molar-refractivity contribution in [3.05, 3.63) is 28.3 Å². The minimum atomic E-state index is -0.382. The summed E-state index contributed by atoms with van der Waals surface area (Å²) in [6, 6.07) is 5.29. The van der Waals surface area contributed by atoms with Gasteiger partial charge in [0.25, 0.3) is 5.69 Å². The third-order valence-corrected chi connectivity index (χ3v) is 3.39. The average Bonchev–Trinajstić information content (AvgIpc) is 2.91. The third-order valence-electron chi connectivity index (χ3n) is 3.39. The number of rotatable bonds is 5. The summed E-state index contributed by atoms with van der Waals surface area (Å²) in [5, 5.41) is 14.3. The first-order chi connectivity index (χ1) is 9.11. The smallest absolute Gasteiger partial charge is 0.275 e. The molecule has 1 aliphatic heterocycles. The van der Waals surface area contributed by atoms with Crippen molar-refractivity contribution in [2.75, 3.05) is 31.6 Å². The Bertz CT molecular complexity index is 458. The number of ether oxygens (including phenoxy) is 1. The van der Waals surface area contributed by atoms with E-state index < -0.39 is 0 Å². The van der Waals surface area contributed by atoms with Crippen molar-refractivity contribution in [3.8, 4) is 5.75 Å². The van der Waals surface area contributed by atoms with E-state index in [-0.39, 0.29) is 10.6 Å². The highest BCUT2D eigenvalue weighted by molar-refractivity contribution is 5.58. The number of hydrogen-bond donors (Lipinski definition) is 1. The van der Waals surface area contributed by atoms with Crippen molar-refractivity contribution >= 4 is 11.4 Å². The second-order valence-corrected chi connectivity index (χ2v) is 4.63. The van der Waals surface area contributed by atoms with Crippen LogP contribution in [0.1, 0.15) is 13.3 Å². The van der Waals surface area contributed by atoms with E-state index in [2.05, 4.69) is 10.2 Å². The summed E-state index contributed by atoms with van der Waals surface area (Å²) >= 11 is 0. The molecule has 1 aromatic rings. The number of anilines is 1. The Balaban J connectivity index is 2.29. The minimum Gasteiger partial charge on any atom is -0.494 e. The summed E-state index contributed by atoms with van der Waals surface area (Å²) in [5.74, 6) is 0.546. The quantitative estimate of drug-likeness (QED) is 0.649. The molecule has 1 aliphatic rings. The second kappa shape index (κ2) is 5.88. The van der Waals surface area contributed by atoms with Gasteiger partial charge in [0.1, 0.15) is 5.75 Å². The molecular formula is C13H19N3O3.